The maximum atomic E-state index is 11.9. The Bertz CT molecular complexity index is 412. The predicted molar refractivity (Wildman–Crippen MR) is 86.9 cm³/mol. The Hall–Kier alpha value is -1.35. The zero-order valence-corrected chi connectivity index (χ0v) is 13.1. The van der Waals surface area contributed by atoms with Gasteiger partial charge in [0.2, 0.25) is 5.91 Å². The van der Waals surface area contributed by atoms with E-state index in [2.05, 4.69) is 17.6 Å². The van der Waals surface area contributed by atoms with E-state index < -0.39 is 0 Å². The van der Waals surface area contributed by atoms with E-state index in [9.17, 15) is 4.79 Å². The molecular formula is C18H28N2O. The summed E-state index contributed by atoms with van der Waals surface area (Å²) in [6, 6.07) is 10.5. The molecule has 21 heavy (non-hydrogen) atoms. The van der Waals surface area contributed by atoms with Crippen molar-refractivity contribution in [1.82, 2.24) is 10.6 Å². The van der Waals surface area contributed by atoms with E-state index in [1.165, 1.54) is 32.1 Å². The molecule has 0 heterocycles. The molecule has 0 saturated heterocycles. The fraction of sp³-hybridized carbons (Fsp3) is 0.611. The first-order chi connectivity index (χ1) is 10.3. The van der Waals surface area contributed by atoms with E-state index in [-0.39, 0.29) is 5.91 Å². The topological polar surface area (TPSA) is 41.1 Å². The lowest BCUT2D eigenvalue weighted by Crippen LogP contribution is -2.42. The molecule has 0 radical (unpaired) electrons. The molecule has 0 bridgehead atoms. The van der Waals surface area contributed by atoms with Gasteiger partial charge < -0.3 is 10.6 Å². The molecule has 1 aliphatic carbocycles. The Morgan fingerprint density at radius 3 is 2.57 bits per heavy atom. The molecule has 1 amide bonds. The van der Waals surface area contributed by atoms with Crippen molar-refractivity contribution >= 4 is 5.91 Å². The summed E-state index contributed by atoms with van der Waals surface area (Å²) in [6.07, 6.45) is 7.82. The Balaban J connectivity index is 1.69. The van der Waals surface area contributed by atoms with Crippen LogP contribution in [0, 0.1) is 5.92 Å². The van der Waals surface area contributed by atoms with Gasteiger partial charge in [-0.3, -0.25) is 4.79 Å². The molecule has 0 aliphatic heterocycles. The van der Waals surface area contributed by atoms with Crippen LogP contribution in [0.2, 0.25) is 0 Å². The van der Waals surface area contributed by atoms with Crippen LogP contribution in [0.4, 0.5) is 0 Å². The highest BCUT2D eigenvalue weighted by Crippen LogP contribution is 2.27. The Labute approximate surface area is 128 Å². The lowest BCUT2D eigenvalue weighted by molar-refractivity contribution is -0.120. The number of rotatable bonds is 7. The van der Waals surface area contributed by atoms with Crippen LogP contribution in [-0.2, 0) is 11.3 Å². The predicted octanol–water partition coefficient (Wildman–Crippen LogP) is 3.25. The smallest absolute Gasteiger partial charge is 0.234 e. The molecular weight excluding hydrogens is 260 g/mol. The molecule has 2 N–H and O–H groups in total. The minimum Gasteiger partial charge on any atom is -0.351 e. The maximum absolute atomic E-state index is 11.9. The molecule has 116 valence electrons. The van der Waals surface area contributed by atoms with Crippen molar-refractivity contribution in [3.8, 4) is 0 Å². The van der Waals surface area contributed by atoms with E-state index in [1.807, 2.05) is 30.3 Å². The fourth-order valence-corrected chi connectivity index (χ4v) is 3.26. The minimum atomic E-state index is 0.0908. The van der Waals surface area contributed by atoms with Crippen molar-refractivity contribution < 1.29 is 4.79 Å². The summed E-state index contributed by atoms with van der Waals surface area (Å²) in [5.41, 5.74) is 1.14. The van der Waals surface area contributed by atoms with E-state index in [0.717, 1.165) is 17.9 Å². The standard InChI is InChI=1S/C18H28N2O/c1-2-17(16-11-7-4-8-12-16)19-14-18(21)20-13-15-9-5-3-6-10-15/h3,5-6,9-10,16-17,19H,2,4,7-8,11-14H2,1H3,(H,20,21). The van der Waals surface area contributed by atoms with Crippen LogP contribution in [0.3, 0.4) is 0 Å². The molecule has 1 aromatic rings. The highest BCUT2D eigenvalue weighted by Gasteiger charge is 2.22. The van der Waals surface area contributed by atoms with Gasteiger partial charge in [0.1, 0.15) is 0 Å². The molecule has 1 atom stereocenters. The van der Waals surface area contributed by atoms with E-state index in [1.54, 1.807) is 0 Å². The lowest BCUT2D eigenvalue weighted by atomic mass is 9.83. The molecule has 2 rings (SSSR count). The van der Waals surface area contributed by atoms with Crippen LogP contribution in [0.25, 0.3) is 0 Å². The van der Waals surface area contributed by atoms with Crippen molar-refractivity contribution in [2.45, 2.75) is 58.0 Å². The molecule has 1 saturated carbocycles. The van der Waals surface area contributed by atoms with Gasteiger partial charge in [-0.15, -0.1) is 0 Å². The number of benzene rings is 1. The average molecular weight is 288 g/mol. The summed E-state index contributed by atoms with van der Waals surface area (Å²) in [5, 5.41) is 6.44. The second kappa shape index (κ2) is 8.83. The van der Waals surface area contributed by atoms with Gasteiger partial charge in [0, 0.05) is 12.6 Å². The Morgan fingerprint density at radius 2 is 1.90 bits per heavy atom. The van der Waals surface area contributed by atoms with Crippen LogP contribution in [0.15, 0.2) is 30.3 Å². The quantitative estimate of drug-likeness (QED) is 0.808. The first-order valence-corrected chi connectivity index (χ1v) is 8.33. The second-order valence-electron chi connectivity index (χ2n) is 6.06. The van der Waals surface area contributed by atoms with Crippen LogP contribution < -0.4 is 10.6 Å². The third kappa shape index (κ3) is 5.50. The summed E-state index contributed by atoms with van der Waals surface area (Å²) in [4.78, 5) is 11.9. The van der Waals surface area contributed by atoms with Crippen LogP contribution in [-0.4, -0.2) is 18.5 Å². The van der Waals surface area contributed by atoms with Gasteiger partial charge in [0.15, 0.2) is 0 Å². The molecule has 0 spiro atoms. The largest absolute Gasteiger partial charge is 0.351 e. The number of amides is 1. The van der Waals surface area contributed by atoms with E-state index >= 15 is 0 Å². The van der Waals surface area contributed by atoms with Crippen molar-refractivity contribution in [1.29, 1.82) is 0 Å². The second-order valence-corrected chi connectivity index (χ2v) is 6.06. The van der Waals surface area contributed by atoms with Gasteiger partial charge in [0.05, 0.1) is 6.54 Å². The number of hydrogen-bond acceptors (Lipinski definition) is 2. The van der Waals surface area contributed by atoms with Crippen molar-refractivity contribution in [2.75, 3.05) is 6.54 Å². The summed E-state index contributed by atoms with van der Waals surface area (Å²) in [6.45, 7) is 3.26. The highest BCUT2D eigenvalue weighted by molar-refractivity contribution is 5.78. The van der Waals surface area contributed by atoms with Crippen molar-refractivity contribution in [2.24, 2.45) is 5.92 Å². The normalized spacial score (nSPS) is 17.4. The van der Waals surface area contributed by atoms with Crippen molar-refractivity contribution in [3.05, 3.63) is 35.9 Å². The van der Waals surface area contributed by atoms with Gasteiger partial charge in [-0.1, -0.05) is 56.5 Å². The van der Waals surface area contributed by atoms with E-state index in [4.69, 9.17) is 0 Å². The van der Waals surface area contributed by atoms with Gasteiger partial charge in [-0.25, -0.2) is 0 Å². The molecule has 3 nitrogen and oxygen atoms in total. The SMILES string of the molecule is CCC(NCC(=O)NCc1ccccc1)C1CCCCC1. The zero-order valence-electron chi connectivity index (χ0n) is 13.1. The number of carbonyl (C=O) groups is 1. The highest BCUT2D eigenvalue weighted by atomic mass is 16.1. The maximum Gasteiger partial charge on any atom is 0.234 e. The molecule has 1 fully saturated rings. The van der Waals surface area contributed by atoms with Gasteiger partial charge in [0.25, 0.3) is 0 Å². The third-order valence-corrected chi connectivity index (χ3v) is 4.52. The Kier molecular flexibility index (Phi) is 6.74. The molecule has 1 aliphatic rings. The first-order valence-electron chi connectivity index (χ1n) is 8.33. The molecule has 1 unspecified atom stereocenters. The zero-order chi connectivity index (χ0) is 14.9. The van der Waals surface area contributed by atoms with E-state index in [0.29, 0.717) is 19.1 Å². The summed E-state index contributed by atoms with van der Waals surface area (Å²) >= 11 is 0. The van der Waals surface area contributed by atoms with Crippen LogP contribution in [0.1, 0.15) is 51.0 Å². The monoisotopic (exact) mass is 288 g/mol. The van der Waals surface area contributed by atoms with Gasteiger partial charge in [-0.05, 0) is 30.7 Å². The van der Waals surface area contributed by atoms with Gasteiger partial charge >= 0.3 is 0 Å². The summed E-state index contributed by atoms with van der Waals surface area (Å²) in [5.74, 6) is 0.846. The average Bonchev–Trinajstić information content (AvgIpc) is 2.55. The minimum absolute atomic E-state index is 0.0908. The van der Waals surface area contributed by atoms with Crippen LogP contribution >= 0.6 is 0 Å². The van der Waals surface area contributed by atoms with Crippen molar-refractivity contribution in [3.63, 3.8) is 0 Å². The number of nitrogens with one attached hydrogen (secondary N) is 2. The summed E-state index contributed by atoms with van der Waals surface area (Å²) in [7, 11) is 0. The van der Waals surface area contributed by atoms with Gasteiger partial charge in [-0.2, -0.15) is 0 Å². The molecule has 1 aromatic carbocycles. The fourth-order valence-electron chi connectivity index (χ4n) is 3.26. The lowest BCUT2D eigenvalue weighted by Gasteiger charge is -2.30. The number of carbonyl (C=O) groups excluding carboxylic acids is 1. The first kappa shape index (κ1) is 16.0. The Morgan fingerprint density at radius 1 is 1.19 bits per heavy atom. The summed E-state index contributed by atoms with van der Waals surface area (Å²) < 4.78 is 0. The molecule has 3 heteroatoms. The molecule has 0 aromatic heterocycles. The number of hydrogen-bond donors (Lipinski definition) is 2. The third-order valence-electron chi connectivity index (χ3n) is 4.52. The van der Waals surface area contributed by atoms with Crippen LogP contribution in [0.5, 0.6) is 0 Å².